The lowest BCUT2D eigenvalue weighted by Gasteiger charge is -2.35. The number of nitro benzene ring substituents is 1. The number of rotatable bonds is 5. The Kier molecular flexibility index (Phi) is 6.26. The van der Waals surface area contributed by atoms with Gasteiger partial charge in [-0.3, -0.25) is 19.7 Å². The van der Waals surface area contributed by atoms with Gasteiger partial charge in [0.1, 0.15) is 5.69 Å². The zero-order valence-corrected chi connectivity index (χ0v) is 18.7. The lowest BCUT2D eigenvalue weighted by Crippen LogP contribution is -2.48. The molecule has 0 unspecified atom stereocenters. The van der Waals surface area contributed by atoms with Crippen LogP contribution in [-0.4, -0.2) is 54.4 Å². The van der Waals surface area contributed by atoms with Gasteiger partial charge < -0.3 is 14.7 Å². The summed E-state index contributed by atoms with van der Waals surface area (Å²) >= 11 is 0. The van der Waals surface area contributed by atoms with Crippen LogP contribution in [0.4, 0.5) is 17.1 Å². The Labute approximate surface area is 192 Å². The fraction of sp³-hybridized carbons (Fsp3) is 0.280. The van der Waals surface area contributed by atoms with Crippen molar-refractivity contribution in [2.24, 2.45) is 0 Å². The average Bonchev–Trinajstić information content (AvgIpc) is 2.84. The predicted octanol–water partition coefficient (Wildman–Crippen LogP) is 4.08. The second-order valence-electron chi connectivity index (χ2n) is 8.00. The first kappa shape index (κ1) is 22.3. The van der Waals surface area contributed by atoms with Crippen LogP contribution in [0.15, 0.2) is 60.7 Å². The minimum atomic E-state index is -0.447. The summed E-state index contributed by atoms with van der Waals surface area (Å²) in [6.07, 6.45) is 0. The minimum absolute atomic E-state index is 0.00168. The molecule has 1 heterocycles. The van der Waals surface area contributed by atoms with E-state index in [0.29, 0.717) is 38.4 Å². The molecule has 8 nitrogen and oxygen atoms in total. The normalized spacial score (nSPS) is 13.8. The summed E-state index contributed by atoms with van der Waals surface area (Å²) < 4.78 is 0. The molecule has 0 N–H and O–H groups in total. The molecule has 0 aromatic heterocycles. The Morgan fingerprint density at radius 1 is 1.00 bits per heavy atom. The lowest BCUT2D eigenvalue weighted by molar-refractivity contribution is -0.384. The fourth-order valence-corrected chi connectivity index (χ4v) is 4.36. The van der Waals surface area contributed by atoms with Gasteiger partial charge in [0.05, 0.1) is 10.6 Å². The highest BCUT2D eigenvalue weighted by atomic mass is 16.6. The maximum Gasteiger partial charge on any atom is 0.293 e. The Balaban J connectivity index is 1.66. The van der Waals surface area contributed by atoms with Gasteiger partial charge in [0, 0.05) is 56.7 Å². The highest BCUT2D eigenvalue weighted by Gasteiger charge is 2.27. The van der Waals surface area contributed by atoms with Gasteiger partial charge >= 0.3 is 0 Å². The smallest absolute Gasteiger partial charge is 0.293 e. The maximum atomic E-state index is 13.4. The van der Waals surface area contributed by atoms with E-state index in [9.17, 15) is 19.7 Å². The van der Waals surface area contributed by atoms with Gasteiger partial charge in [-0.15, -0.1) is 0 Å². The molecule has 4 rings (SSSR count). The number of fused-ring (bicyclic) bond motifs is 1. The van der Waals surface area contributed by atoms with Crippen molar-refractivity contribution in [1.82, 2.24) is 4.90 Å². The van der Waals surface area contributed by atoms with E-state index < -0.39 is 4.92 Å². The second-order valence-corrected chi connectivity index (χ2v) is 8.00. The molecule has 1 aliphatic rings. The van der Waals surface area contributed by atoms with E-state index in [-0.39, 0.29) is 23.1 Å². The van der Waals surface area contributed by atoms with E-state index in [1.165, 1.54) is 13.0 Å². The van der Waals surface area contributed by atoms with Gasteiger partial charge in [-0.05, 0) is 30.5 Å². The largest absolute Gasteiger partial charge is 0.362 e. The van der Waals surface area contributed by atoms with Crippen LogP contribution in [0.2, 0.25) is 0 Å². The Hall–Kier alpha value is -3.94. The van der Waals surface area contributed by atoms with E-state index in [1.54, 1.807) is 21.9 Å². The summed E-state index contributed by atoms with van der Waals surface area (Å²) in [5.74, 6) is -0.289. The summed E-state index contributed by atoms with van der Waals surface area (Å²) in [7, 11) is 0. The molecule has 0 saturated carbocycles. The van der Waals surface area contributed by atoms with Crippen molar-refractivity contribution in [3.05, 3.63) is 76.3 Å². The molecule has 0 radical (unpaired) electrons. The zero-order chi connectivity index (χ0) is 23.5. The van der Waals surface area contributed by atoms with Gasteiger partial charge in [0.15, 0.2) is 0 Å². The van der Waals surface area contributed by atoms with Crippen LogP contribution in [0.1, 0.15) is 24.2 Å². The molecule has 3 aromatic rings. The molecule has 2 amide bonds. The molecule has 1 fully saturated rings. The second kappa shape index (κ2) is 9.28. The minimum Gasteiger partial charge on any atom is -0.362 e. The summed E-state index contributed by atoms with van der Waals surface area (Å²) in [5, 5.41) is 13.9. The zero-order valence-electron chi connectivity index (χ0n) is 18.7. The number of nitrogens with zero attached hydrogens (tertiary/aromatic N) is 4. The van der Waals surface area contributed by atoms with E-state index in [4.69, 9.17) is 0 Å². The van der Waals surface area contributed by atoms with Crippen LogP contribution < -0.4 is 9.80 Å². The van der Waals surface area contributed by atoms with Gasteiger partial charge in [-0.25, -0.2) is 0 Å². The maximum absolute atomic E-state index is 13.4. The fourth-order valence-electron chi connectivity index (χ4n) is 4.36. The van der Waals surface area contributed by atoms with Crippen molar-refractivity contribution < 1.29 is 14.5 Å². The number of hydrogen-bond donors (Lipinski definition) is 0. The van der Waals surface area contributed by atoms with E-state index in [2.05, 4.69) is 0 Å². The van der Waals surface area contributed by atoms with Crippen LogP contribution >= 0.6 is 0 Å². The number of benzene rings is 3. The standard InChI is InChI=1S/C25H26N4O4/c1-3-28(22-10-6-8-19-7-4-5-9-21(19)22)25(31)20-11-12-23(24(17-20)29(32)33)27-15-13-26(14-16-27)18(2)30/h4-12,17H,3,13-16H2,1-2H3. The number of amides is 2. The first-order chi connectivity index (χ1) is 15.9. The summed E-state index contributed by atoms with van der Waals surface area (Å²) in [4.78, 5) is 41.7. The monoisotopic (exact) mass is 446 g/mol. The summed E-state index contributed by atoms with van der Waals surface area (Å²) in [6.45, 7) is 5.87. The Morgan fingerprint density at radius 2 is 1.70 bits per heavy atom. The average molecular weight is 447 g/mol. The molecule has 33 heavy (non-hydrogen) atoms. The number of carbonyl (C=O) groups excluding carboxylic acids is 2. The molecule has 170 valence electrons. The number of piperazine rings is 1. The SMILES string of the molecule is CCN(C(=O)c1ccc(N2CCN(C(C)=O)CC2)c([N+](=O)[O-])c1)c1cccc2ccccc12. The highest BCUT2D eigenvalue weighted by Crippen LogP contribution is 2.32. The van der Waals surface area contributed by atoms with E-state index in [1.807, 2.05) is 54.3 Å². The number of hydrogen-bond acceptors (Lipinski definition) is 5. The van der Waals surface area contributed by atoms with Crippen molar-refractivity contribution >= 4 is 39.6 Å². The topological polar surface area (TPSA) is 87.0 Å². The van der Waals surface area contributed by atoms with Crippen molar-refractivity contribution in [3.63, 3.8) is 0 Å². The molecule has 0 atom stereocenters. The molecular formula is C25H26N4O4. The molecule has 0 aliphatic carbocycles. The number of nitro groups is 1. The van der Waals surface area contributed by atoms with Crippen LogP contribution in [0, 0.1) is 10.1 Å². The predicted molar refractivity (Wildman–Crippen MR) is 129 cm³/mol. The third-order valence-corrected chi connectivity index (χ3v) is 6.10. The molecule has 1 aliphatic heterocycles. The van der Waals surface area contributed by atoms with Crippen molar-refractivity contribution in [2.75, 3.05) is 42.5 Å². The van der Waals surface area contributed by atoms with Gasteiger partial charge in [-0.2, -0.15) is 0 Å². The van der Waals surface area contributed by atoms with Crippen molar-refractivity contribution in [1.29, 1.82) is 0 Å². The first-order valence-electron chi connectivity index (χ1n) is 11.0. The molecular weight excluding hydrogens is 420 g/mol. The third-order valence-electron chi connectivity index (χ3n) is 6.10. The quantitative estimate of drug-likeness (QED) is 0.435. The Morgan fingerprint density at radius 3 is 2.36 bits per heavy atom. The van der Waals surface area contributed by atoms with Gasteiger partial charge in [0.25, 0.3) is 11.6 Å². The molecule has 0 bridgehead atoms. The summed E-state index contributed by atoms with van der Waals surface area (Å²) in [5.41, 5.74) is 1.40. The Bertz CT molecular complexity index is 1210. The highest BCUT2D eigenvalue weighted by molar-refractivity contribution is 6.11. The number of carbonyl (C=O) groups is 2. The number of anilines is 2. The van der Waals surface area contributed by atoms with Crippen LogP contribution in [0.5, 0.6) is 0 Å². The third kappa shape index (κ3) is 4.37. The molecule has 3 aromatic carbocycles. The van der Waals surface area contributed by atoms with Crippen LogP contribution in [0.25, 0.3) is 10.8 Å². The molecule has 8 heteroatoms. The lowest BCUT2D eigenvalue weighted by atomic mass is 10.1. The van der Waals surface area contributed by atoms with Crippen LogP contribution in [-0.2, 0) is 4.79 Å². The van der Waals surface area contributed by atoms with Gasteiger partial charge in [0.2, 0.25) is 5.91 Å². The molecule has 1 saturated heterocycles. The van der Waals surface area contributed by atoms with Gasteiger partial charge in [-0.1, -0.05) is 36.4 Å². The first-order valence-corrected chi connectivity index (χ1v) is 11.0. The molecule has 0 spiro atoms. The van der Waals surface area contributed by atoms with E-state index >= 15 is 0 Å². The van der Waals surface area contributed by atoms with E-state index in [0.717, 1.165) is 16.5 Å². The van der Waals surface area contributed by atoms with Crippen molar-refractivity contribution in [3.8, 4) is 0 Å². The summed E-state index contributed by atoms with van der Waals surface area (Å²) in [6, 6.07) is 18.3. The van der Waals surface area contributed by atoms with Crippen molar-refractivity contribution in [2.45, 2.75) is 13.8 Å². The van der Waals surface area contributed by atoms with Crippen LogP contribution in [0.3, 0.4) is 0 Å².